The molecule has 1 aromatic rings. The van der Waals surface area contributed by atoms with Crippen LogP contribution in [0.2, 0.25) is 0 Å². The van der Waals surface area contributed by atoms with Gasteiger partial charge < -0.3 is 5.32 Å². The van der Waals surface area contributed by atoms with E-state index < -0.39 is 0 Å². The van der Waals surface area contributed by atoms with Gasteiger partial charge in [0.2, 0.25) is 0 Å². The quantitative estimate of drug-likeness (QED) is 0.825. The monoisotopic (exact) mass is 239 g/mol. The van der Waals surface area contributed by atoms with Crippen molar-refractivity contribution in [1.29, 1.82) is 5.26 Å². The van der Waals surface area contributed by atoms with Gasteiger partial charge in [-0.3, -0.25) is 0 Å². The van der Waals surface area contributed by atoms with Crippen LogP contribution in [0.1, 0.15) is 43.0 Å². The van der Waals surface area contributed by atoms with E-state index >= 15 is 0 Å². The van der Waals surface area contributed by atoms with Crippen LogP contribution in [0.3, 0.4) is 0 Å². The number of hydrogen-bond acceptors (Lipinski definition) is 3. The maximum Gasteiger partial charge on any atom is 0.145 e. The average molecular weight is 239 g/mol. The molecule has 0 radical (unpaired) electrons. The summed E-state index contributed by atoms with van der Waals surface area (Å²) >= 11 is 0. The summed E-state index contributed by atoms with van der Waals surface area (Å²) in [5, 5.41) is 12.4. The third-order valence-corrected chi connectivity index (χ3v) is 3.34. The van der Waals surface area contributed by atoms with Crippen molar-refractivity contribution in [1.82, 2.24) is 4.98 Å². The lowest BCUT2D eigenvalue weighted by Gasteiger charge is -2.19. The minimum atomic E-state index is -0.0637. The standard InChI is InChI=1S/C15H17N3/c1-3-13(4-2)17-15-12(10-16)9-11-7-5-6-8-14(11)18-15/h1,9,13H,4-8H2,2H3,(H,17,18). The van der Waals surface area contributed by atoms with Crippen molar-refractivity contribution in [3.63, 3.8) is 0 Å². The highest BCUT2D eigenvalue weighted by Gasteiger charge is 2.16. The van der Waals surface area contributed by atoms with Crippen molar-refractivity contribution in [3.8, 4) is 18.4 Å². The van der Waals surface area contributed by atoms with Gasteiger partial charge in [-0.05, 0) is 43.7 Å². The van der Waals surface area contributed by atoms with Gasteiger partial charge in [0, 0.05) is 5.69 Å². The molecule has 0 aromatic carbocycles. The van der Waals surface area contributed by atoms with Crippen molar-refractivity contribution in [2.45, 2.75) is 45.1 Å². The minimum Gasteiger partial charge on any atom is -0.355 e. The van der Waals surface area contributed by atoms with E-state index in [1.807, 2.05) is 13.0 Å². The van der Waals surface area contributed by atoms with Gasteiger partial charge in [0.15, 0.2) is 0 Å². The fourth-order valence-corrected chi connectivity index (χ4v) is 2.26. The second kappa shape index (κ2) is 5.56. The Hall–Kier alpha value is -2.00. The number of nitrogens with zero attached hydrogens (tertiary/aromatic N) is 2. The van der Waals surface area contributed by atoms with Crippen LogP contribution >= 0.6 is 0 Å². The van der Waals surface area contributed by atoms with Crippen LogP contribution in [0.25, 0.3) is 0 Å². The normalized spacial score (nSPS) is 15.1. The summed E-state index contributed by atoms with van der Waals surface area (Å²) in [6.07, 6.45) is 10.7. The van der Waals surface area contributed by atoms with E-state index in [0.717, 1.165) is 25.0 Å². The van der Waals surface area contributed by atoms with E-state index in [9.17, 15) is 5.26 Å². The molecule has 1 heterocycles. The van der Waals surface area contributed by atoms with Gasteiger partial charge >= 0.3 is 0 Å². The zero-order chi connectivity index (χ0) is 13.0. The summed E-state index contributed by atoms with van der Waals surface area (Å²) < 4.78 is 0. The van der Waals surface area contributed by atoms with Crippen LogP contribution in [0, 0.1) is 23.7 Å². The first-order chi connectivity index (χ1) is 8.78. The molecule has 0 spiro atoms. The predicted molar refractivity (Wildman–Crippen MR) is 72.1 cm³/mol. The number of nitrogens with one attached hydrogen (secondary N) is 1. The number of aryl methyl sites for hydroxylation is 2. The van der Waals surface area contributed by atoms with E-state index in [-0.39, 0.29) is 6.04 Å². The lowest BCUT2D eigenvalue weighted by Crippen LogP contribution is -2.19. The molecule has 2 rings (SSSR count). The van der Waals surface area contributed by atoms with Crippen molar-refractivity contribution >= 4 is 5.82 Å². The first kappa shape index (κ1) is 12.5. The third-order valence-electron chi connectivity index (χ3n) is 3.34. The van der Waals surface area contributed by atoms with Gasteiger partial charge in [-0.15, -0.1) is 6.42 Å². The topological polar surface area (TPSA) is 48.7 Å². The Morgan fingerprint density at radius 2 is 2.28 bits per heavy atom. The Kier molecular flexibility index (Phi) is 3.85. The Balaban J connectivity index is 2.35. The molecular weight excluding hydrogens is 222 g/mol. The molecule has 3 nitrogen and oxygen atoms in total. The summed E-state index contributed by atoms with van der Waals surface area (Å²) in [7, 11) is 0. The van der Waals surface area contributed by atoms with Gasteiger partial charge in [0.05, 0.1) is 11.6 Å². The van der Waals surface area contributed by atoms with Gasteiger partial charge in [-0.2, -0.15) is 5.26 Å². The van der Waals surface area contributed by atoms with Crippen molar-refractivity contribution in [2.24, 2.45) is 0 Å². The molecule has 1 unspecified atom stereocenters. The maximum absolute atomic E-state index is 9.20. The van der Waals surface area contributed by atoms with E-state index in [1.54, 1.807) is 0 Å². The summed E-state index contributed by atoms with van der Waals surface area (Å²) in [4.78, 5) is 4.59. The summed E-state index contributed by atoms with van der Waals surface area (Å²) in [6.45, 7) is 2.02. The first-order valence-corrected chi connectivity index (χ1v) is 6.44. The molecule has 0 saturated carbocycles. The molecular formula is C15H17N3. The zero-order valence-electron chi connectivity index (χ0n) is 10.7. The Labute approximate surface area is 108 Å². The van der Waals surface area contributed by atoms with E-state index in [2.05, 4.69) is 22.3 Å². The number of fused-ring (bicyclic) bond motifs is 1. The van der Waals surface area contributed by atoms with Crippen molar-refractivity contribution < 1.29 is 0 Å². The van der Waals surface area contributed by atoms with E-state index in [1.165, 1.54) is 18.4 Å². The predicted octanol–water partition coefficient (Wildman–Crippen LogP) is 2.66. The molecule has 0 aliphatic heterocycles. The second-order valence-electron chi connectivity index (χ2n) is 4.58. The van der Waals surface area contributed by atoms with Gasteiger partial charge in [0.25, 0.3) is 0 Å². The van der Waals surface area contributed by atoms with Crippen molar-refractivity contribution in [3.05, 3.63) is 22.9 Å². The molecule has 0 saturated heterocycles. The van der Waals surface area contributed by atoms with Crippen LogP contribution in [0.4, 0.5) is 5.82 Å². The van der Waals surface area contributed by atoms with Crippen LogP contribution in [-0.2, 0) is 12.8 Å². The molecule has 1 atom stereocenters. The van der Waals surface area contributed by atoms with Gasteiger partial charge in [0.1, 0.15) is 11.9 Å². The molecule has 0 bridgehead atoms. The lowest BCUT2D eigenvalue weighted by atomic mass is 9.95. The highest BCUT2D eigenvalue weighted by Crippen LogP contribution is 2.24. The second-order valence-corrected chi connectivity index (χ2v) is 4.58. The largest absolute Gasteiger partial charge is 0.355 e. The lowest BCUT2D eigenvalue weighted by molar-refractivity contribution is 0.667. The van der Waals surface area contributed by atoms with E-state index in [0.29, 0.717) is 11.4 Å². The summed E-state index contributed by atoms with van der Waals surface area (Å²) in [5.41, 5.74) is 2.94. The Bertz CT molecular complexity index is 520. The number of nitriles is 1. The van der Waals surface area contributed by atoms with Crippen molar-refractivity contribution in [2.75, 3.05) is 5.32 Å². The molecule has 0 amide bonds. The Morgan fingerprint density at radius 3 is 2.94 bits per heavy atom. The fraction of sp³-hybridized carbons (Fsp3) is 0.467. The number of aromatic nitrogens is 1. The SMILES string of the molecule is C#CC(CC)Nc1nc2c(cc1C#N)CCCC2. The highest BCUT2D eigenvalue weighted by atomic mass is 15.0. The molecule has 18 heavy (non-hydrogen) atoms. The minimum absolute atomic E-state index is 0.0637. The third kappa shape index (κ3) is 2.46. The highest BCUT2D eigenvalue weighted by molar-refractivity contribution is 5.55. The molecule has 3 heteroatoms. The van der Waals surface area contributed by atoms with Crippen LogP contribution in [0.5, 0.6) is 0 Å². The zero-order valence-corrected chi connectivity index (χ0v) is 10.7. The molecule has 92 valence electrons. The Morgan fingerprint density at radius 1 is 1.50 bits per heavy atom. The number of terminal acetylenes is 1. The number of rotatable bonds is 3. The van der Waals surface area contributed by atoms with Gasteiger partial charge in [-0.25, -0.2) is 4.98 Å². The molecule has 1 aliphatic carbocycles. The van der Waals surface area contributed by atoms with E-state index in [4.69, 9.17) is 6.42 Å². The smallest absolute Gasteiger partial charge is 0.145 e. The summed E-state index contributed by atoms with van der Waals surface area (Å²) in [6, 6.07) is 4.11. The molecule has 1 N–H and O–H groups in total. The number of pyridine rings is 1. The molecule has 1 aliphatic rings. The first-order valence-electron chi connectivity index (χ1n) is 6.44. The van der Waals surface area contributed by atoms with Gasteiger partial charge in [-0.1, -0.05) is 12.8 Å². The number of anilines is 1. The average Bonchev–Trinajstić information content (AvgIpc) is 2.43. The maximum atomic E-state index is 9.20. The molecule has 1 aromatic heterocycles. The fourth-order valence-electron chi connectivity index (χ4n) is 2.26. The van der Waals surface area contributed by atoms with Crippen LogP contribution in [-0.4, -0.2) is 11.0 Å². The van der Waals surface area contributed by atoms with Crippen LogP contribution < -0.4 is 5.32 Å². The van der Waals surface area contributed by atoms with Crippen LogP contribution in [0.15, 0.2) is 6.07 Å². The summed E-state index contributed by atoms with van der Waals surface area (Å²) in [5.74, 6) is 3.31. The number of hydrogen-bond donors (Lipinski definition) is 1. The molecule has 0 fully saturated rings.